The number of benzene rings is 9. The lowest BCUT2D eigenvalue weighted by molar-refractivity contribution is 0.794. The lowest BCUT2D eigenvalue weighted by Crippen LogP contribution is -2.25. The van der Waals surface area contributed by atoms with Crippen molar-refractivity contribution in [2.24, 2.45) is 0 Å². The number of aryl methyl sites for hydroxylation is 1. The van der Waals surface area contributed by atoms with Crippen molar-refractivity contribution >= 4 is 49.7 Å². The largest absolute Gasteiger partial charge is 0.309 e. The SMILES string of the molecule is C1=Cc2c(c3ccccc3c3nc(-c4cccc(-n5c6ccccc6c6cc(-c7ccc8c(c7)C7(c9ccccc9-c9ccccc97)c7ccccc7-8)ccc65)c4)cnc23)CC1. The molecule has 2 aromatic heterocycles. The van der Waals surface area contributed by atoms with Crippen LogP contribution in [0.5, 0.6) is 0 Å². The second-order valence-electron chi connectivity index (χ2n) is 17.1. The Morgan fingerprint density at radius 2 is 1.08 bits per heavy atom. The molecule has 0 saturated carbocycles. The first-order chi connectivity index (χ1) is 30.8. The first-order valence-corrected chi connectivity index (χ1v) is 21.7. The van der Waals surface area contributed by atoms with E-state index in [-0.39, 0.29) is 5.41 Å². The minimum absolute atomic E-state index is 0.376. The van der Waals surface area contributed by atoms with Crippen molar-refractivity contribution in [3.05, 3.63) is 228 Å². The number of nitrogens with zero attached hydrogens (tertiary/aromatic N) is 3. The zero-order chi connectivity index (χ0) is 40.5. The standard InChI is InChI=1S/C59H37N3/c1-3-22-47-40(16-1)41-17-2-4-23-48(41)58-57(47)60-35-54(61-58)38-14-13-15-39(32-38)62-55-27-12-8-21-46(55)49-33-36(29-31-56(49)62)37-28-30-45-44-20-7-11-26-52(44)59(53(45)34-37)50-24-9-5-18-42(50)43-19-6-10-25-51(43)59/h2-15,17-35H,1,16H2. The van der Waals surface area contributed by atoms with E-state index in [1.54, 1.807) is 0 Å². The van der Waals surface area contributed by atoms with Crippen LogP contribution in [0.25, 0.3) is 100 Å². The fraction of sp³-hybridized carbons (Fsp3) is 0.0508. The maximum absolute atomic E-state index is 5.36. The van der Waals surface area contributed by atoms with Crippen LogP contribution in [0.3, 0.4) is 0 Å². The highest BCUT2D eigenvalue weighted by Gasteiger charge is 2.51. The van der Waals surface area contributed by atoms with E-state index < -0.39 is 0 Å². The fourth-order valence-corrected chi connectivity index (χ4v) is 11.5. The molecule has 0 saturated heterocycles. The number of aromatic nitrogens is 3. The highest BCUT2D eigenvalue weighted by molar-refractivity contribution is 6.12. The van der Waals surface area contributed by atoms with Gasteiger partial charge in [0.05, 0.1) is 39.4 Å². The van der Waals surface area contributed by atoms with Crippen molar-refractivity contribution in [2.45, 2.75) is 18.3 Å². The maximum atomic E-state index is 5.36. The highest BCUT2D eigenvalue weighted by Crippen LogP contribution is 2.63. The Hall–Kier alpha value is -7.88. The topological polar surface area (TPSA) is 30.7 Å². The molecule has 62 heavy (non-hydrogen) atoms. The van der Waals surface area contributed by atoms with Crippen molar-refractivity contribution in [1.82, 2.24) is 14.5 Å². The van der Waals surface area contributed by atoms with Crippen molar-refractivity contribution in [1.29, 1.82) is 0 Å². The molecule has 288 valence electrons. The molecule has 11 aromatic rings. The van der Waals surface area contributed by atoms with Gasteiger partial charge in [0.1, 0.15) is 0 Å². The summed E-state index contributed by atoms with van der Waals surface area (Å²) < 4.78 is 2.41. The second-order valence-corrected chi connectivity index (χ2v) is 17.1. The molecule has 3 aliphatic carbocycles. The van der Waals surface area contributed by atoms with Gasteiger partial charge < -0.3 is 4.57 Å². The third kappa shape index (κ3) is 4.44. The smallest absolute Gasteiger partial charge is 0.0979 e. The first-order valence-electron chi connectivity index (χ1n) is 21.7. The molecule has 0 amide bonds. The lowest BCUT2D eigenvalue weighted by atomic mass is 9.70. The molecule has 3 aliphatic rings. The number of para-hydroxylation sites is 1. The van der Waals surface area contributed by atoms with Gasteiger partial charge in [-0.15, -0.1) is 0 Å². The van der Waals surface area contributed by atoms with Crippen molar-refractivity contribution < 1.29 is 0 Å². The molecule has 14 rings (SSSR count). The summed E-state index contributed by atoms with van der Waals surface area (Å²) in [6.07, 6.45) is 8.54. The molecule has 0 aliphatic heterocycles. The molecule has 0 radical (unpaired) electrons. The zero-order valence-electron chi connectivity index (χ0n) is 33.8. The van der Waals surface area contributed by atoms with Crippen LogP contribution in [-0.2, 0) is 11.8 Å². The van der Waals surface area contributed by atoms with Gasteiger partial charge in [-0.2, -0.15) is 0 Å². The predicted molar refractivity (Wildman–Crippen MR) is 256 cm³/mol. The van der Waals surface area contributed by atoms with Crippen molar-refractivity contribution in [2.75, 3.05) is 0 Å². The Labute approximate surface area is 358 Å². The van der Waals surface area contributed by atoms with E-state index >= 15 is 0 Å². The second kappa shape index (κ2) is 12.6. The molecule has 0 N–H and O–H groups in total. The summed E-state index contributed by atoms with van der Waals surface area (Å²) in [4.78, 5) is 10.5. The lowest BCUT2D eigenvalue weighted by Gasteiger charge is -2.30. The monoisotopic (exact) mass is 787 g/mol. The fourth-order valence-electron chi connectivity index (χ4n) is 11.5. The first kappa shape index (κ1) is 33.9. The van der Waals surface area contributed by atoms with Gasteiger partial charge in [0.2, 0.25) is 0 Å². The van der Waals surface area contributed by atoms with E-state index in [4.69, 9.17) is 9.97 Å². The molecule has 2 heterocycles. The number of rotatable bonds is 3. The Bertz CT molecular complexity index is 3710. The van der Waals surface area contributed by atoms with Gasteiger partial charge in [-0.3, -0.25) is 4.98 Å². The van der Waals surface area contributed by atoms with Crippen LogP contribution in [0.2, 0.25) is 0 Å². The van der Waals surface area contributed by atoms with Crippen LogP contribution >= 0.6 is 0 Å². The molecule has 0 fully saturated rings. The van der Waals surface area contributed by atoms with Crippen LogP contribution in [-0.4, -0.2) is 14.5 Å². The summed E-state index contributed by atoms with van der Waals surface area (Å²) in [5, 5.41) is 4.91. The number of hydrogen-bond donors (Lipinski definition) is 0. The van der Waals surface area contributed by atoms with E-state index in [1.807, 2.05) is 6.20 Å². The molecule has 0 unspecified atom stereocenters. The van der Waals surface area contributed by atoms with E-state index in [9.17, 15) is 0 Å². The highest BCUT2D eigenvalue weighted by atomic mass is 15.0. The van der Waals surface area contributed by atoms with Crippen molar-refractivity contribution in [3.8, 4) is 50.3 Å². The Morgan fingerprint density at radius 1 is 0.452 bits per heavy atom. The Balaban J connectivity index is 0.921. The summed E-state index contributed by atoms with van der Waals surface area (Å²) in [5.41, 5.74) is 22.7. The summed E-state index contributed by atoms with van der Waals surface area (Å²) in [6.45, 7) is 0. The number of hydrogen-bond acceptors (Lipinski definition) is 2. The van der Waals surface area contributed by atoms with Gasteiger partial charge in [-0.05, 0) is 116 Å². The minimum atomic E-state index is -0.376. The minimum Gasteiger partial charge on any atom is -0.309 e. The van der Waals surface area contributed by atoms with Crippen LogP contribution < -0.4 is 0 Å². The van der Waals surface area contributed by atoms with Crippen molar-refractivity contribution in [3.63, 3.8) is 0 Å². The summed E-state index contributed by atoms with van der Waals surface area (Å²) >= 11 is 0. The normalized spacial score (nSPS) is 14.1. The number of allylic oxidation sites excluding steroid dienone is 1. The molecular formula is C59H37N3. The third-order valence-corrected chi connectivity index (χ3v) is 14.1. The van der Waals surface area contributed by atoms with E-state index in [0.717, 1.165) is 40.8 Å². The van der Waals surface area contributed by atoms with Gasteiger partial charge in [0, 0.05) is 33.0 Å². The van der Waals surface area contributed by atoms with Crippen LogP contribution in [0.4, 0.5) is 0 Å². The molecule has 3 nitrogen and oxygen atoms in total. The zero-order valence-corrected chi connectivity index (χ0v) is 33.8. The average molecular weight is 788 g/mol. The van der Waals surface area contributed by atoms with Gasteiger partial charge in [0.15, 0.2) is 0 Å². The van der Waals surface area contributed by atoms with Gasteiger partial charge in [-0.1, -0.05) is 158 Å². The molecule has 9 aromatic carbocycles. The van der Waals surface area contributed by atoms with Gasteiger partial charge >= 0.3 is 0 Å². The molecular weight excluding hydrogens is 751 g/mol. The number of fused-ring (bicyclic) bond motifs is 19. The summed E-state index contributed by atoms with van der Waals surface area (Å²) in [6, 6.07) is 67.6. The Kier molecular flexibility index (Phi) is 6.88. The maximum Gasteiger partial charge on any atom is 0.0979 e. The molecule has 1 spiro atoms. The molecule has 0 atom stereocenters. The van der Waals surface area contributed by atoms with Crippen LogP contribution in [0, 0.1) is 0 Å². The quantitative estimate of drug-likeness (QED) is 0.167. The summed E-state index contributed by atoms with van der Waals surface area (Å²) in [7, 11) is 0. The van der Waals surface area contributed by atoms with E-state index in [0.29, 0.717) is 0 Å². The molecule has 0 bridgehead atoms. The van der Waals surface area contributed by atoms with Crippen LogP contribution in [0.15, 0.2) is 194 Å². The summed E-state index contributed by atoms with van der Waals surface area (Å²) in [5.74, 6) is 0. The van der Waals surface area contributed by atoms with E-state index in [1.165, 1.54) is 99.3 Å². The predicted octanol–water partition coefficient (Wildman–Crippen LogP) is 14.5. The average Bonchev–Trinajstić information content (AvgIpc) is 3.95. The Morgan fingerprint density at radius 3 is 1.85 bits per heavy atom. The van der Waals surface area contributed by atoms with E-state index in [2.05, 4.69) is 199 Å². The third-order valence-electron chi connectivity index (χ3n) is 14.1. The van der Waals surface area contributed by atoms with Crippen LogP contribution in [0.1, 0.15) is 39.8 Å². The molecule has 3 heteroatoms. The van der Waals surface area contributed by atoms with Gasteiger partial charge in [-0.25, -0.2) is 4.98 Å². The van der Waals surface area contributed by atoms with Gasteiger partial charge in [0.25, 0.3) is 0 Å².